The van der Waals surface area contributed by atoms with Crippen molar-refractivity contribution in [2.24, 2.45) is 5.92 Å². The molecule has 150 valence electrons. The minimum absolute atomic E-state index is 0.282. The third-order valence-electron chi connectivity index (χ3n) is 5.18. The van der Waals surface area contributed by atoms with Crippen molar-refractivity contribution >= 4 is 16.0 Å². The molecule has 0 unspecified atom stereocenters. The van der Waals surface area contributed by atoms with Gasteiger partial charge in [-0.15, -0.1) is 0 Å². The Morgan fingerprint density at radius 1 is 1.07 bits per heavy atom. The first-order chi connectivity index (χ1) is 13.3. The molecule has 1 aliphatic rings. The lowest BCUT2D eigenvalue weighted by molar-refractivity contribution is -0.140. The molecular weight excluding hydrogens is 374 g/mol. The molecule has 1 saturated heterocycles. The Labute approximate surface area is 167 Å². The molecule has 2 aromatic carbocycles. The maximum atomic E-state index is 12.9. The molecule has 0 bridgehead atoms. The van der Waals surface area contributed by atoms with Crippen LogP contribution in [0.5, 0.6) is 5.75 Å². The van der Waals surface area contributed by atoms with Crippen LogP contribution >= 0.6 is 0 Å². The molecule has 28 heavy (non-hydrogen) atoms. The van der Waals surface area contributed by atoms with Crippen LogP contribution in [0.15, 0.2) is 53.4 Å². The Hall–Kier alpha value is -2.18. The normalized spacial score (nSPS) is 16.3. The first-order valence-corrected chi connectivity index (χ1v) is 11.1. The van der Waals surface area contributed by atoms with Crippen LogP contribution in [0.3, 0.4) is 0 Å². The molecule has 6 heteroatoms. The number of ether oxygens (including phenoxy) is 1. The highest BCUT2D eigenvalue weighted by atomic mass is 32.2. The second-order valence-corrected chi connectivity index (χ2v) is 9.58. The number of carbonyl (C=O) groups excluding carboxylic acids is 1. The molecule has 1 heterocycles. The Morgan fingerprint density at radius 3 is 2.29 bits per heavy atom. The van der Waals surface area contributed by atoms with Gasteiger partial charge >= 0.3 is 5.97 Å². The highest BCUT2D eigenvalue weighted by Gasteiger charge is 2.33. The molecule has 0 radical (unpaired) electrons. The molecule has 1 aliphatic heterocycles. The van der Waals surface area contributed by atoms with Gasteiger partial charge in [0.2, 0.25) is 10.0 Å². The van der Waals surface area contributed by atoms with E-state index < -0.39 is 10.0 Å². The van der Waals surface area contributed by atoms with Crippen LogP contribution in [-0.4, -0.2) is 31.8 Å². The van der Waals surface area contributed by atoms with Crippen LogP contribution in [0.4, 0.5) is 0 Å². The van der Waals surface area contributed by atoms with E-state index in [1.54, 1.807) is 18.2 Å². The Bertz CT molecular complexity index is 927. The fraction of sp³-hybridized carbons (Fsp3) is 0.409. The molecule has 0 aliphatic carbocycles. The first-order valence-electron chi connectivity index (χ1n) is 9.66. The van der Waals surface area contributed by atoms with Gasteiger partial charge in [0.15, 0.2) is 0 Å². The van der Waals surface area contributed by atoms with E-state index >= 15 is 0 Å². The monoisotopic (exact) mass is 401 g/mol. The molecule has 3 rings (SSSR count). The van der Waals surface area contributed by atoms with Crippen molar-refractivity contribution in [1.29, 1.82) is 0 Å². The third-order valence-corrected chi connectivity index (χ3v) is 7.09. The second-order valence-electron chi connectivity index (χ2n) is 7.64. The van der Waals surface area contributed by atoms with Crippen LogP contribution in [-0.2, 0) is 14.8 Å². The molecule has 0 spiro atoms. The van der Waals surface area contributed by atoms with Gasteiger partial charge < -0.3 is 4.74 Å². The molecule has 5 nitrogen and oxygen atoms in total. The number of hydrogen-bond acceptors (Lipinski definition) is 4. The van der Waals surface area contributed by atoms with Crippen molar-refractivity contribution in [3.8, 4) is 5.75 Å². The molecule has 0 amide bonds. The Kier molecular flexibility index (Phi) is 6.20. The summed E-state index contributed by atoms with van der Waals surface area (Å²) in [6, 6.07) is 14.4. The summed E-state index contributed by atoms with van der Waals surface area (Å²) in [5.74, 6) is 0.316. The minimum atomic E-state index is -3.54. The molecule has 0 N–H and O–H groups in total. The maximum Gasteiger partial charge on any atom is 0.314 e. The molecule has 2 aromatic rings. The van der Waals surface area contributed by atoms with Crippen LogP contribution in [0.2, 0.25) is 0 Å². The van der Waals surface area contributed by atoms with E-state index in [-0.39, 0.29) is 11.9 Å². The number of esters is 1. The second kappa shape index (κ2) is 8.45. The van der Waals surface area contributed by atoms with Crippen LogP contribution in [0, 0.1) is 12.8 Å². The van der Waals surface area contributed by atoms with E-state index in [4.69, 9.17) is 4.74 Å². The molecular formula is C22H27NO4S. The van der Waals surface area contributed by atoms with E-state index in [9.17, 15) is 13.2 Å². The lowest BCUT2D eigenvalue weighted by Gasteiger charge is -2.30. The number of piperidine rings is 1. The number of carbonyl (C=O) groups is 1. The SMILES string of the molecule is Cc1cccc(OC(=O)C2CCN(S(=O)(=O)c3ccc(C(C)C)cc3)CC2)c1. The van der Waals surface area contributed by atoms with E-state index in [1.165, 1.54) is 4.31 Å². The van der Waals surface area contributed by atoms with Crippen LogP contribution in [0.25, 0.3) is 0 Å². The number of nitrogens with zero attached hydrogens (tertiary/aromatic N) is 1. The number of sulfonamides is 1. The zero-order valence-corrected chi connectivity index (χ0v) is 17.4. The van der Waals surface area contributed by atoms with Gasteiger partial charge in [0, 0.05) is 13.1 Å². The standard InChI is InChI=1S/C22H27NO4S/c1-16(2)18-7-9-21(10-8-18)28(25,26)23-13-11-19(12-14-23)22(24)27-20-6-4-5-17(3)15-20/h4-10,15-16,19H,11-14H2,1-3H3. The summed E-state index contributed by atoms with van der Waals surface area (Å²) in [6.07, 6.45) is 0.932. The van der Waals surface area contributed by atoms with Gasteiger partial charge in [-0.05, 0) is 61.1 Å². The van der Waals surface area contributed by atoms with Gasteiger partial charge in [-0.3, -0.25) is 4.79 Å². The summed E-state index contributed by atoms with van der Waals surface area (Å²) in [6.45, 7) is 6.73. The van der Waals surface area contributed by atoms with Gasteiger partial charge in [0.25, 0.3) is 0 Å². The predicted molar refractivity (Wildman–Crippen MR) is 109 cm³/mol. The van der Waals surface area contributed by atoms with Crippen molar-refractivity contribution < 1.29 is 17.9 Å². The smallest absolute Gasteiger partial charge is 0.314 e. The lowest BCUT2D eigenvalue weighted by atomic mass is 9.98. The van der Waals surface area contributed by atoms with Gasteiger partial charge in [0.1, 0.15) is 5.75 Å². The van der Waals surface area contributed by atoms with Crippen molar-refractivity contribution in [1.82, 2.24) is 4.31 Å². The van der Waals surface area contributed by atoms with E-state index in [0.29, 0.717) is 42.5 Å². The lowest BCUT2D eigenvalue weighted by Crippen LogP contribution is -2.41. The number of aryl methyl sites for hydroxylation is 1. The summed E-state index contributed by atoms with van der Waals surface area (Å²) < 4.78 is 32.7. The third kappa shape index (κ3) is 4.62. The zero-order chi connectivity index (χ0) is 20.3. The van der Waals surface area contributed by atoms with Crippen molar-refractivity contribution in [3.05, 3.63) is 59.7 Å². The van der Waals surface area contributed by atoms with Crippen molar-refractivity contribution in [2.75, 3.05) is 13.1 Å². The zero-order valence-electron chi connectivity index (χ0n) is 16.6. The number of rotatable bonds is 5. The Morgan fingerprint density at radius 2 is 1.71 bits per heavy atom. The van der Waals surface area contributed by atoms with Gasteiger partial charge in [-0.2, -0.15) is 4.31 Å². The van der Waals surface area contributed by atoms with E-state index in [1.807, 2.05) is 37.3 Å². The first kappa shape index (κ1) is 20.6. The highest BCUT2D eigenvalue weighted by molar-refractivity contribution is 7.89. The Balaban J connectivity index is 1.61. The average Bonchev–Trinajstić information content (AvgIpc) is 2.68. The summed E-state index contributed by atoms with van der Waals surface area (Å²) in [5.41, 5.74) is 2.13. The topological polar surface area (TPSA) is 63.7 Å². The van der Waals surface area contributed by atoms with Gasteiger partial charge in [-0.25, -0.2) is 8.42 Å². The molecule has 0 saturated carbocycles. The largest absolute Gasteiger partial charge is 0.426 e. The van der Waals surface area contributed by atoms with Crippen molar-refractivity contribution in [2.45, 2.75) is 44.4 Å². The highest BCUT2D eigenvalue weighted by Crippen LogP contribution is 2.26. The van der Waals surface area contributed by atoms with E-state index in [0.717, 1.165) is 11.1 Å². The molecule has 0 aromatic heterocycles. The van der Waals surface area contributed by atoms with Gasteiger partial charge in [0.05, 0.1) is 10.8 Å². The van der Waals surface area contributed by atoms with Gasteiger partial charge in [-0.1, -0.05) is 38.1 Å². The minimum Gasteiger partial charge on any atom is -0.426 e. The number of hydrogen-bond donors (Lipinski definition) is 0. The summed E-state index contributed by atoms with van der Waals surface area (Å²) >= 11 is 0. The molecule has 1 fully saturated rings. The fourth-order valence-corrected chi connectivity index (χ4v) is 4.85. The summed E-state index contributed by atoms with van der Waals surface area (Å²) in [5, 5.41) is 0. The van der Waals surface area contributed by atoms with Crippen LogP contribution < -0.4 is 4.74 Å². The molecule has 0 atom stereocenters. The summed E-state index contributed by atoms with van der Waals surface area (Å²) in [7, 11) is -3.54. The number of benzene rings is 2. The average molecular weight is 402 g/mol. The van der Waals surface area contributed by atoms with Crippen LogP contribution in [0.1, 0.15) is 43.7 Å². The summed E-state index contributed by atoms with van der Waals surface area (Å²) in [4.78, 5) is 12.7. The fourth-order valence-electron chi connectivity index (χ4n) is 3.38. The quantitative estimate of drug-likeness (QED) is 0.558. The van der Waals surface area contributed by atoms with E-state index in [2.05, 4.69) is 13.8 Å². The predicted octanol–water partition coefficient (Wildman–Crippen LogP) is 4.12. The van der Waals surface area contributed by atoms with Crippen molar-refractivity contribution in [3.63, 3.8) is 0 Å². The maximum absolute atomic E-state index is 12.9.